The lowest BCUT2D eigenvalue weighted by atomic mass is 10.2. The average Bonchev–Trinajstić information content (AvgIpc) is 3.23. The number of nitrogens with zero attached hydrogens (tertiary/aromatic N) is 4. The molecule has 7 nitrogen and oxygen atoms in total. The van der Waals surface area contributed by atoms with E-state index in [-0.39, 0.29) is 5.91 Å². The predicted molar refractivity (Wildman–Crippen MR) is 106 cm³/mol. The lowest BCUT2D eigenvalue weighted by molar-refractivity contribution is 0.102. The number of nitrogens with one attached hydrogen (secondary N) is 1. The Bertz CT molecular complexity index is 797. The lowest BCUT2D eigenvalue weighted by Gasteiger charge is -2.28. The van der Waals surface area contributed by atoms with Gasteiger partial charge in [0.05, 0.1) is 13.2 Å². The molecule has 0 saturated carbocycles. The highest BCUT2D eigenvalue weighted by Gasteiger charge is 2.17. The zero-order chi connectivity index (χ0) is 18.6. The summed E-state index contributed by atoms with van der Waals surface area (Å²) in [6.07, 6.45) is 2.49. The minimum atomic E-state index is -0.219. The third-order valence-corrected chi connectivity index (χ3v) is 4.99. The van der Waals surface area contributed by atoms with Crippen LogP contribution in [0.25, 0.3) is 0 Å². The summed E-state index contributed by atoms with van der Waals surface area (Å²) >= 11 is 0. The molecule has 2 saturated heterocycles. The maximum absolute atomic E-state index is 12.7. The zero-order valence-electron chi connectivity index (χ0n) is 15.6. The standard InChI is InChI=1S/C20H25N5O2/c1-15-21-18(14-19(22-15)25-10-12-27-13-11-25)20(26)23-16-4-6-17(7-5-16)24-8-2-3-9-24/h4-7,14H,2-3,8-13H2,1H3,(H,23,26). The van der Waals surface area contributed by atoms with E-state index < -0.39 is 0 Å². The van der Waals surface area contributed by atoms with Crippen LogP contribution in [0.4, 0.5) is 17.2 Å². The predicted octanol–water partition coefficient (Wildman–Crippen LogP) is 2.47. The van der Waals surface area contributed by atoms with Gasteiger partial charge in [0.25, 0.3) is 5.91 Å². The van der Waals surface area contributed by atoms with Crippen molar-refractivity contribution in [2.24, 2.45) is 0 Å². The van der Waals surface area contributed by atoms with E-state index >= 15 is 0 Å². The summed E-state index contributed by atoms with van der Waals surface area (Å²) in [5.41, 5.74) is 2.36. The summed E-state index contributed by atoms with van der Waals surface area (Å²) in [6.45, 7) is 6.92. The third-order valence-electron chi connectivity index (χ3n) is 4.99. The molecule has 0 radical (unpaired) electrons. The summed E-state index contributed by atoms with van der Waals surface area (Å²) in [5, 5.41) is 2.94. The molecular formula is C20H25N5O2. The highest BCUT2D eigenvalue weighted by molar-refractivity contribution is 6.03. The number of aryl methyl sites for hydroxylation is 1. The maximum Gasteiger partial charge on any atom is 0.274 e. The van der Waals surface area contributed by atoms with Gasteiger partial charge in [0, 0.05) is 43.6 Å². The van der Waals surface area contributed by atoms with E-state index in [0.717, 1.165) is 37.7 Å². The molecule has 0 aliphatic carbocycles. The molecule has 0 bridgehead atoms. The Morgan fingerprint density at radius 3 is 2.41 bits per heavy atom. The molecule has 2 aliphatic rings. The molecule has 0 unspecified atom stereocenters. The van der Waals surface area contributed by atoms with E-state index in [4.69, 9.17) is 4.74 Å². The van der Waals surface area contributed by atoms with Crippen LogP contribution < -0.4 is 15.1 Å². The number of amides is 1. The number of hydrogen-bond donors (Lipinski definition) is 1. The Morgan fingerprint density at radius 2 is 1.70 bits per heavy atom. The molecule has 3 heterocycles. The van der Waals surface area contributed by atoms with E-state index in [1.807, 2.05) is 19.1 Å². The zero-order valence-corrected chi connectivity index (χ0v) is 15.6. The number of carbonyl (C=O) groups is 1. The molecule has 1 aromatic heterocycles. The van der Waals surface area contributed by atoms with Crippen molar-refractivity contribution in [3.05, 3.63) is 41.9 Å². The van der Waals surface area contributed by atoms with E-state index in [1.54, 1.807) is 6.07 Å². The monoisotopic (exact) mass is 367 g/mol. The van der Waals surface area contributed by atoms with E-state index in [1.165, 1.54) is 18.5 Å². The number of rotatable bonds is 4. The van der Waals surface area contributed by atoms with Crippen molar-refractivity contribution in [2.75, 3.05) is 54.5 Å². The van der Waals surface area contributed by atoms with Gasteiger partial charge in [-0.2, -0.15) is 0 Å². The number of morpholine rings is 1. The Hall–Kier alpha value is -2.67. The molecule has 7 heteroatoms. The fraction of sp³-hybridized carbons (Fsp3) is 0.450. The second-order valence-electron chi connectivity index (χ2n) is 6.95. The topological polar surface area (TPSA) is 70.6 Å². The van der Waals surface area contributed by atoms with Gasteiger partial charge in [0.1, 0.15) is 17.3 Å². The Kier molecular flexibility index (Phi) is 5.20. The largest absolute Gasteiger partial charge is 0.378 e. The van der Waals surface area contributed by atoms with Crippen molar-refractivity contribution in [3.8, 4) is 0 Å². The Labute approximate surface area is 159 Å². The fourth-order valence-electron chi connectivity index (χ4n) is 3.55. The maximum atomic E-state index is 12.7. The van der Waals surface area contributed by atoms with Gasteiger partial charge in [0.2, 0.25) is 0 Å². The van der Waals surface area contributed by atoms with Crippen molar-refractivity contribution in [3.63, 3.8) is 0 Å². The van der Waals surface area contributed by atoms with Gasteiger partial charge in [-0.3, -0.25) is 4.79 Å². The smallest absolute Gasteiger partial charge is 0.274 e. The minimum absolute atomic E-state index is 0.219. The number of anilines is 3. The number of ether oxygens (including phenoxy) is 1. The minimum Gasteiger partial charge on any atom is -0.378 e. The highest BCUT2D eigenvalue weighted by atomic mass is 16.5. The number of aromatic nitrogens is 2. The molecule has 4 rings (SSSR count). The number of hydrogen-bond acceptors (Lipinski definition) is 6. The molecule has 27 heavy (non-hydrogen) atoms. The van der Waals surface area contributed by atoms with Crippen LogP contribution in [0.2, 0.25) is 0 Å². The Balaban J connectivity index is 1.46. The molecule has 0 spiro atoms. The molecule has 1 amide bonds. The van der Waals surface area contributed by atoms with Crippen LogP contribution in [0.3, 0.4) is 0 Å². The molecule has 1 N–H and O–H groups in total. The van der Waals surface area contributed by atoms with Gasteiger partial charge in [0.15, 0.2) is 0 Å². The van der Waals surface area contributed by atoms with Crippen LogP contribution in [0.1, 0.15) is 29.2 Å². The molecule has 142 valence electrons. The van der Waals surface area contributed by atoms with Gasteiger partial charge < -0.3 is 19.9 Å². The van der Waals surface area contributed by atoms with Crippen molar-refractivity contribution < 1.29 is 9.53 Å². The second-order valence-corrected chi connectivity index (χ2v) is 6.95. The van der Waals surface area contributed by atoms with E-state index in [0.29, 0.717) is 24.7 Å². The Morgan fingerprint density at radius 1 is 1.00 bits per heavy atom. The summed E-state index contributed by atoms with van der Waals surface area (Å²) < 4.78 is 5.39. The number of benzene rings is 1. The van der Waals surface area contributed by atoms with Crippen LogP contribution in [-0.4, -0.2) is 55.3 Å². The fourth-order valence-corrected chi connectivity index (χ4v) is 3.55. The SMILES string of the molecule is Cc1nc(C(=O)Nc2ccc(N3CCCC3)cc2)cc(N2CCOCC2)n1. The molecule has 2 aliphatic heterocycles. The lowest BCUT2D eigenvalue weighted by Crippen LogP contribution is -2.37. The van der Waals surface area contributed by atoms with Gasteiger partial charge in [-0.1, -0.05) is 0 Å². The van der Waals surface area contributed by atoms with Crippen molar-refractivity contribution >= 4 is 23.1 Å². The van der Waals surface area contributed by atoms with E-state index in [9.17, 15) is 4.79 Å². The van der Waals surface area contributed by atoms with Gasteiger partial charge in [-0.25, -0.2) is 9.97 Å². The van der Waals surface area contributed by atoms with Gasteiger partial charge >= 0.3 is 0 Å². The second kappa shape index (κ2) is 7.92. The van der Waals surface area contributed by atoms with Crippen LogP contribution >= 0.6 is 0 Å². The highest BCUT2D eigenvalue weighted by Crippen LogP contribution is 2.22. The van der Waals surface area contributed by atoms with Crippen molar-refractivity contribution in [1.82, 2.24) is 9.97 Å². The quantitative estimate of drug-likeness (QED) is 0.895. The summed E-state index contributed by atoms with van der Waals surface area (Å²) in [5.74, 6) is 1.15. The number of carbonyl (C=O) groups excluding carboxylic acids is 1. The summed E-state index contributed by atoms with van der Waals surface area (Å²) in [4.78, 5) is 26.0. The molecule has 1 aromatic carbocycles. The molecule has 0 atom stereocenters. The van der Waals surface area contributed by atoms with Gasteiger partial charge in [-0.15, -0.1) is 0 Å². The van der Waals surface area contributed by atoms with Crippen molar-refractivity contribution in [2.45, 2.75) is 19.8 Å². The van der Waals surface area contributed by atoms with Crippen LogP contribution in [0.5, 0.6) is 0 Å². The molecular weight excluding hydrogens is 342 g/mol. The first-order chi connectivity index (χ1) is 13.2. The van der Waals surface area contributed by atoms with Gasteiger partial charge in [-0.05, 0) is 44.0 Å². The summed E-state index contributed by atoms with van der Waals surface area (Å²) in [6, 6.07) is 9.77. The van der Waals surface area contributed by atoms with Crippen LogP contribution in [0, 0.1) is 6.92 Å². The first kappa shape index (κ1) is 17.7. The summed E-state index contributed by atoms with van der Waals surface area (Å²) in [7, 11) is 0. The van der Waals surface area contributed by atoms with Crippen molar-refractivity contribution in [1.29, 1.82) is 0 Å². The molecule has 2 aromatic rings. The third kappa shape index (κ3) is 4.19. The normalized spacial score (nSPS) is 17.2. The van der Waals surface area contributed by atoms with E-state index in [2.05, 4.69) is 37.2 Å². The van der Waals surface area contributed by atoms with Crippen LogP contribution in [0.15, 0.2) is 30.3 Å². The van der Waals surface area contributed by atoms with Crippen LogP contribution in [-0.2, 0) is 4.74 Å². The first-order valence-electron chi connectivity index (χ1n) is 9.54. The molecule has 2 fully saturated rings. The average molecular weight is 367 g/mol. The first-order valence-corrected chi connectivity index (χ1v) is 9.54.